The van der Waals surface area contributed by atoms with Crippen molar-refractivity contribution in [3.63, 3.8) is 0 Å². The Balaban J connectivity index is 4.18. The number of ether oxygens (including phenoxy) is 2. The predicted molar refractivity (Wildman–Crippen MR) is 268 cm³/mol. The molecule has 0 N–H and O–H groups in total. The average Bonchev–Trinajstić information content (AvgIpc) is 3.24. The van der Waals surface area contributed by atoms with Crippen molar-refractivity contribution in [3.8, 4) is 0 Å². The van der Waals surface area contributed by atoms with E-state index in [2.05, 4.69) is 74.6 Å². The summed E-state index contributed by atoms with van der Waals surface area (Å²) in [5.41, 5.74) is 0. The van der Waals surface area contributed by atoms with Gasteiger partial charge in [-0.05, 0) is 83.5 Å². The Morgan fingerprint density at radius 1 is 0.492 bits per heavy atom. The van der Waals surface area contributed by atoms with Gasteiger partial charge in [0.2, 0.25) is 0 Å². The summed E-state index contributed by atoms with van der Waals surface area (Å²) in [6, 6.07) is 0. The van der Waals surface area contributed by atoms with Gasteiger partial charge in [-0.25, -0.2) is 0 Å². The van der Waals surface area contributed by atoms with Crippen molar-refractivity contribution < 1.29 is 37.3 Å². The molecule has 0 bridgehead atoms. The number of carbonyl (C=O) groups excluding carboxylic acids is 1. The predicted octanol–water partition coefficient (Wildman–Crippen LogP) is 15.4. The number of rotatable bonds is 48. The van der Waals surface area contributed by atoms with Gasteiger partial charge in [-0.3, -0.25) is 9.36 Å². The molecule has 0 aliphatic carbocycles. The Kier molecular flexibility index (Phi) is 45.4. The van der Waals surface area contributed by atoms with Crippen LogP contribution in [0.25, 0.3) is 0 Å². The van der Waals surface area contributed by atoms with Gasteiger partial charge in [-0.2, -0.15) is 0 Å². The molecule has 0 saturated carbocycles. The number of unbranched alkanes of at least 4 members (excludes halogenated alkanes) is 24. The van der Waals surface area contributed by atoms with Gasteiger partial charge >= 0.3 is 5.97 Å². The van der Waals surface area contributed by atoms with E-state index in [0.717, 1.165) is 57.8 Å². The third-order valence-electron chi connectivity index (χ3n) is 11.0. The molecule has 0 radical (unpaired) electrons. The van der Waals surface area contributed by atoms with Crippen LogP contribution in [-0.4, -0.2) is 70.7 Å². The highest BCUT2D eigenvalue weighted by Gasteiger charge is 2.20. The van der Waals surface area contributed by atoms with Crippen LogP contribution in [0.15, 0.2) is 60.8 Å². The van der Waals surface area contributed by atoms with Crippen molar-refractivity contribution in [1.29, 1.82) is 0 Å². The first-order chi connectivity index (χ1) is 30.6. The van der Waals surface area contributed by atoms with Crippen molar-refractivity contribution in [2.75, 3.05) is 54.1 Å². The van der Waals surface area contributed by atoms with Crippen LogP contribution in [0.1, 0.15) is 219 Å². The lowest BCUT2D eigenvalue weighted by atomic mass is 10.1. The van der Waals surface area contributed by atoms with Gasteiger partial charge in [-0.15, -0.1) is 0 Å². The Morgan fingerprint density at radius 2 is 0.873 bits per heavy atom. The SMILES string of the molecule is CCCCC/C=C\C/C=C\CCCCCCCCCCCC(=O)OC(COCCCCCCCCC/C=C\C/C=C\C/C=C\CCCCCCC)COP(=O)([O-])OCC[N+](C)(C)C. The van der Waals surface area contributed by atoms with Crippen LogP contribution in [0, 0.1) is 0 Å². The second kappa shape index (κ2) is 46.7. The molecule has 0 aromatic heterocycles. The molecule has 0 aromatic rings. The topological polar surface area (TPSA) is 94.1 Å². The molecule has 0 spiro atoms. The first-order valence-electron chi connectivity index (χ1n) is 26.0. The van der Waals surface area contributed by atoms with Crippen molar-refractivity contribution in [2.24, 2.45) is 0 Å². The Bertz CT molecular complexity index is 1190. The summed E-state index contributed by atoms with van der Waals surface area (Å²) < 4.78 is 34.7. The molecule has 0 rings (SSSR count). The van der Waals surface area contributed by atoms with Gasteiger partial charge in [0.05, 0.1) is 34.4 Å². The quantitative estimate of drug-likeness (QED) is 0.0197. The molecule has 0 aliphatic rings. The van der Waals surface area contributed by atoms with Crippen LogP contribution in [0.5, 0.6) is 0 Å². The summed E-state index contributed by atoms with van der Waals surface area (Å²) in [6.07, 6.45) is 59.5. The molecule has 0 aliphatic heterocycles. The lowest BCUT2D eigenvalue weighted by Crippen LogP contribution is -2.37. The minimum absolute atomic E-state index is 0.0209. The maximum atomic E-state index is 12.7. The van der Waals surface area contributed by atoms with Gasteiger partial charge in [-0.1, -0.05) is 190 Å². The van der Waals surface area contributed by atoms with E-state index in [1.54, 1.807) is 0 Å². The van der Waals surface area contributed by atoms with Crippen LogP contribution in [0.2, 0.25) is 0 Å². The minimum Gasteiger partial charge on any atom is -0.756 e. The van der Waals surface area contributed by atoms with Crippen molar-refractivity contribution in [3.05, 3.63) is 60.8 Å². The van der Waals surface area contributed by atoms with Crippen LogP contribution >= 0.6 is 7.82 Å². The molecule has 0 aromatic carbocycles. The van der Waals surface area contributed by atoms with E-state index in [4.69, 9.17) is 18.5 Å². The Hall–Kier alpha value is -1.80. The fraction of sp³-hybridized carbons (Fsp3) is 0.796. The fourth-order valence-corrected chi connectivity index (χ4v) is 7.72. The number of phosphoric ester groups is 1. The monoisotopic (exact) mass is 906 g/mol. The minimum atomic E-state index is -4.54. The third-order valence-corrected chi connectivity index (χ3v) is 12.0. The number of hydrogen-bond acceptors (Lipinski definition) is 7. The van der Waals surface area contributed by atoms with Gasteiger partial charge in [0.25, 0.3) is 7.82 Å². The number of esters is 1. The molecule has 368 valence electrons. The summed E-state index contributed by atoms with van der Waals surface area (Å²) >= 11 is 0. The molecule has 9 heteroatoms. The molecular formula is C54H100NO7P. The molecule has 8 nitrogen and oxygen atoms in total. The second-order valence-electron chi connectivity index (χ2n) is 18.5. The third kappa shape index (κ3) is 51.1. The normalized spacial score (nSPS) is 14.1. The fourth-order valence-electron chi connectivity index (χ4n) is 7.00. The van der Waals surface area contributed by atoms with E-state index >= 15 is 0 Å². The summed E-state index contributed by atoms with van der Waals surface area (Å²) in [5, 5.41) is 0. The first-order valence-corrected chi connectivity index (χ1v) is 27.5. The number of hydrogen-bond donors (Lipinski definition) is 0. The van der Waals surface area contributed by atoms with Crippen LogP contribution in [0.3, 0.4) is 0 Å². The number of carbonyl (C=O) groups is 1. The number of allylic oxidation sites excluding steroid dienone is 10. The Labute approximate surface area is 390 Å². The maximum Gasteiger partial charge on any atom is 0.306 e. The van der Waals surface area contributed by atoms with Crippen molar-refractivity contribution in [1.82, 2.24) is 0 Å². The smallest absolute Gasteiger partial charge is 0.306 e. The highest BCUT2D eigenvalue weighted by molar-refractivity contribution is 7.45. The van der Waals surface area contributed by atoms with Crippen molar-refractivity contribution >= 4 is 13.8 Å². The summed E-state index contributed by atoms with van der Waals surface area (Å²) in [6.45, 7) is 5.36. The van der Waals surface area contributed by atoms with Gasteiger partial charge in [0.15, 0.2) is 0 Å². The van der Waals surface area contributed by atoms with Gasteiger partial charge in [0, 0.05) is 13.0 Å². The lowest BCUT2D eigenvalue weighted by Gasteiger charge is -2.28. The largest absolute Gasteiger partial charge is 0.756 e. The molecule has 0 heterocycles. The zero-order chi connectivity index (χ0) is 46.2. The average molecular weight is 906 g/mol. The van der Waals surface area contributed by atoms with Gasteiger partial charge < -0.3 is 27.9 Å². The van der Waals surface area contributed by atoms with E-state index in [0.29, 0.717) is 24.1 Å². The van der Waals surface area contributed by atoms with Crippen molar-refractivity contribution in [2.45, 2.75) is 225 Å². The summed E-state index contributed by atoms with van der Waals surface area (Å²) in [5.74, 6) is -0.342. The summed E-state index contributed by atoms with van der Waals surface area (Å²) in [4.78, 5) is 25.2. The highest BCUT2D eigenvalue weighted by atomic mass is 31.2. The van der Waals surface area contributed by atoms with E-state index in [1.165, 1.54) is 141 Å². The zero-order valence-electron chi connectivity index (χ0n) is 41.8. The number of likely N-dealkylation sites (N-methyl/N-ethyl adjacent to an activating group) is 1. The molecule has 0 saturated heterocycles. The van der Waals surface area contributed by atoms with Gasteiger partial charge in [0.1, 0.15) is 19.3 Å². The van der Waals surface area contributed by atoms with E-state index in [9.17, 15) is 14.3 Å². The van der Waals surface area contributed by atoms with E-state index in [-0.39, 0.29) is 25.8 Å². The first kappa shape index (κ1) is 61.2. The maximum absolute atomic E-state index is 12.7. The highest BCUT2D eigenvalue weighted by Crippen LogP contribution is 2.38. The summed E-state index contributed by atoms with van der Waals surface area (Å²) in [7, 11) is 1.34. The number of nitrogens with zero attached hydrogens (tertiary/aromatic N) is 1. The van der Waals surface area contributed by atoms with E-state index < -0.39 is 13.9 Å². The zero-order valence-corrected chi connectivity index (χ0v) is 42.7. The Morgan fingerprint density at radius 3 is 1.33 bits per heavy atom. The molecule has 63 heavy (non-hydrogen) atoms. The molecule has 2 atom stereocenters. The number of phosphoric acid groups is 1. The van der Waals surface area contributed by atoms with Crippen LogP contribution in [0.4, 0.5) is 0 Å². The second-order valence-corrected chi connectivity index (χ2v) is 19.9. The molecule has 0 fully saturated rings. The molecule has 2 unspecified atom stereocenters. The number of quaternary nitrogens is 1. The van der Waals surface area contributed by atoms with Crippen LogP contribution < -0.4 is 4.89 Å². The van der Waals surface area contributed by atoms with E-state index in [1.807, 2.05) is 21.1 Å². The molecular weight excluding hydrogens is 806 g/mol. The molecule has 0 amide bonds. The van der Waals surface area contributed by atoms with Crippen LogP contribution in [-0.2, 0) is 27.9 Å². The lowest BCUT2D eigenvalue weighted by molar-refractivity contribution is -0.870. The standard InChI is InChI=1S/C54H100NO7P/c1-6-8-10-12-14-16-18-20-22-24-26-27-28-30-32-34-36-38-40-42-44-46-49-59-51-53(52-61-63(57,58)60-50-48-55(3,4)5)62-54(56)47-45-43-41-39-37-35-33-31-29-25-23-21-19-17-15-13-11-9-7-2/h15,17-18,20-21,23-24,26,28,30,53H,6-14,16,19,22,25,27,29,31-52H2,1-5H3/b17-15-,20-18-,23-21-,26-24-,30-28-.